The van der Waals surface area contributed by atoms with Crippen LogP contribution in [0.2, 0.25) is 0 Å². The molecule has 2 rings (SSSR count). The topological polar surface area (TPSA) is 12.0 Å². The van der Waals surface area contributed by atoms with E-state index in [9.17, 15) is 8.78 Å². The number of anilines is 1. The molecule has 94 valence electrons. The Hall–Kier alpha value is -1.42. The van der Waals surface area contributed by atoms with Gasteiger partial charge >= 0.3 is 0 Å². The third-order valence-electron chi connectivity index (χ3n) is 2.60. The van der Waals surface area contributed by atoms with Crippen LogP contribution in [0.25, 0.3) is 0 Å². The molecule has 0 spiro atoms. The van der Waals surface area contributed by atoms with Crippen LogP contribution in [0.5, 0.6) is 0 Å². The molecule has 0 saturated heterocycles. The van der Waals surface area contributed by atoms with E-state index in [4.69, 9.17) is 0 Å². The van der Waals surface area contributed by atoms with E-state index in [-0.39, 0.29) is 5.69 Å². The lowest BCUT2D eigenvalue weighted by Crippen LogP contribution is -2.04. The van der Waals surface area contributed by atoms with Crippen LogP contribution in [0.1, 0.15) is 11.1 Å². The number of benzene rings is 2. The molecule has 4 heteroatoms. The zero-order valence-corrected chi connectivity index (χ0v) is 11.4. The highest BCUT2D eigenvalue weighted by Crippen LogP contribution is 2.24. The molecular formula is C14H12BrF2N. The zero-order chi connectivity index (χ0) is 13.1. The summed E-state index contributed by atoms with van der Waals surface area (Å²) in [6.07, 6.45) is 0. The maximum atomic E-state index is 13.5. The van der Waals surface area contributed by atoms with Crippen LogP contribution < -0.4 is 5.32 Å². The van der Waals surface area contributed by atoms with E-state index in [0.717, 1.165) is 11.1 Å². The molecule has 2 aromatic rings. The van der Waals surface area contributed by atoms with Crippen molar-refractivity contribution in [2.24, 2.45) is 0 Å². The van der Waals surface area contributed by atoms with Crippen LogP contribution in [0, 0.1) is 18.6 Å². The van der Waals surface area contributed by atoms with Gasteiger partial charge in [-0.25, -0.2) is 8.78 Å². The second kappa shape index (κ2) is 5.48. The molecule has 0 atom stereocenters. The average Bonchev–Trinajstić information content (AvgIpc) is 2.30. The van der Waals surface area contributed by atoms with Gasteiger partial charge in [-0.1, -0.05) is 45.8 Å². The van der Waals surface area contributed by atoms with E-state index < -0.39 is 11.6 Å². The predicted molar refractivity (Wildman–Crippen MR) is 72.6 cm³/mol. The lowest BCUT2D eigenvalue weighted by molar-refractivity contribution is 0.586. The van der Waals surface area contributed by atoms with Crippen molar-refractivity contribution in [3.05, 3.63) is 63.6 Å². The summed E-state index contributed by atoms with van der Waals surface area (Å²) >= 11 is 3.04. The molecule has 0 amide bonds. The molecule has 0 unspecified atom stereocenters. The molecule has 0 aliphatic carbocycles. The SMILES string of the molecule is Cc1ccc(CNc2c(F)cc(Br)cc2F)cc1. The van der Waals surface area contributed by atoms with Crippen LogP contribution in [0.3, 0.4) is 0 Å². The highest BCUT2D eigenvalue weighted by atomic mass is 79.9. The fraction of sp³-hybridized carbons (Fsp3) is 0.143. The van der Waals surface area contributed by atoms with E-state index in [1.807, 2.05) is 31.2 Å². The second-order valence-electron chi connectivity index (χ2n) is 4.08. The summed E-state index contributed by atoms with van der Waals surface area (Å²) < 4.78 is 27.5. The fourth-order valence-electron chi connectivity index (χ4n) is 1.61. The first-order valence-corrected chi connectivity index (χ1v) is 6.29. The molecule has 1 N–H and O–H groups in total. The standard InChI is InChI=1S/C14H12BrF2N/c1-9-2-4-10(5-3-9)8-18-14-12(16)6-11(15)7-13(14)17/h2-7,18H,8H2,1H3. The van der Waals surface area contributed by atoms with Gasteiger partial charge in [0.1, 0.15) is 17.3 Å². The number of rotatable bonds is 3. The smallest absolute Gasteiger partial charge is 0.150 e. The molecule has 0 aliphatic rings. The summed E-state index contributed by atoms with van der Waals surface area (Å²) in [4.78, 5) is 0. The van der Waals surface area contributed by atoms with Gasteiger partial charge in [0.2, 0.25) is 0 Å². The normalized spacial score (nSPS) is 10.4. The van der Waals surface area contributed by atoms with Crippen LogP contribution >= 0.6 is 15.9 Å². The number of halogens is 3. The summed E-state index contributed by atoms with van der Waals surface area (Å²) in [5.74, 6) is -1.21. The Morgan fingerprint density at radius 1 is 1.06 bits per heavy atom. The maximum absolute atomic E-state index is 13.5. The van der Waals surface area contributed by atoms with E-state index >= 15 is 0 Å². The van der Waals surface area contributed by atoms with E-state index in [1.165, 1.54) is 12.1 Å². The fourth-order valence-corrected chi connectivity index (χ4v) is 2.01. The Bertz CT molecular complexity index is 529. The number of hydrogen-bond donors (Lipinski definition) is 1. The van der Waals surface area contributed by atoms with Crippen molar-refractivity contribution in [3.8, 4) is 0 Å². The summed E-state index contributed by atoms with van der Waals surface area (Å²) in [6.45, 7) is 2.38. The minimum absolute atomic E-state index is 0.0984. The molecule has 1 nitrogen and oxygen atoms in total. The van der Waals surface area contributed by atoms with Gasteiger partial charge in [-0.2, -0.15) is 0 Å². The predicted octanol–water partition coefficient (Wildman–Crippen LogP) is 4.65. The zero-order valence-electron chi connectivity index (χ0n) is 9.81. The molecule has 0 bridgehead atoms. The van der Waals surface area contributed by atoms with Gasteiger partial charge in [0.15, 0.2) is 0 Å². The molecule has 2 aromatic carbocycles. The minimum atomic E-state index is -0.603. The Kier molecular flexibility index (Phi) is 3.97. The van der Waals surface area contributed by atoms with Crippen LogP contribution in [0.15, 0.2) is 40.9 Å². The molecule has 0 fully saturated rings. The van der Waals surface area contributed by atoms with Crippen LogP contribution in [-0.4, -0.2) is 0 Å². The second-order valence-corrected chi connectivity index (χ2v) is 5.00. The van der Waals surface area contributed by atoms with Gasteiger partial charge in [-0.05, 0) is 24.6 Å². The molecule has 0 radical (unpaired) electrons. The number of hydrogen-bond acceptors (Lipinski definition) is 1. The molecule has 0 saturated carbocycles. The molecule has 0 aliphatic heterocycles. The maximum Gasteiger partial charge on any atom is 0.150 e. The van der Waals surface area contributed by atoms with Gasteiger partial charge in [0.05, 0.1) is 0 Å². The van der Waals surface area contributed by atoms with E-state index in [2.05, 4.69) is 21.2 Å². The lowest BCUT2D eigenvalue weighted by atomic mass is 10.1. The highest BCUT2D eigenvalue weighted by molar-refractivity contribution is 9.10. The van der Waals surface area contributed by atoms with Crippen molar-refractivity contribution < 1.29 is 8.78 Å². The largest absolute Gasteiger partial charge is 0.376 e. The summed E-state index contributed by atoms with van der Waals surface area (Å²) in [7, 11) is 0. The monoisotopic (exact) mass is 311 g/mol. The van der Waals surface area contributed by atoms with Gasteiger partial charge in [0, 0.05) is 11.0 Å². The Morgan fingerprint density at radius 2 is 1.61 bits per heavy atom. The van der Waals surface area contributed by atoms with Crippen molar-refractivity contribution in [2.45, 2.75) is 13.5 Å². The minimum Gasteiger partial charge on any atom is -0.376 e. The first kappa shape index (κ1) is 13.0. The molecule has 0 aromatic heterocycles. The van der Waals surface area contributed by atoms with Gasteiger partial charge in [0.25, 0.3) is 0 Å². The van der Waals surface area contributed by atoms with Crippen molar-refractivity contribution in [1.82, 2.24) is 0 Å². The molecular weight excluding hydrogens is 300 g/mol. The van der Waals surface area contributed by atoms with E-state index in [1.54, 1.807) is 0 Å². The molecule has 18 heavy (non-hydrogen) atoms. The van der Waals surface area contributed by atoms with Crippen molar-refractivity contribution in [1.29, 1.82) is 0 Å². The summed E-state index contributed by atoms with van der Waals surface area (Å²) in [6, 6.07) is 10.3. The lowest BCUT2D eigenvalue weighted by Gasteiger charge is -2.09. The number of aryl methyl sites for hydroxylation is 1. The number of nitrogens with one attached hydrogen (secondary N) is 1. The quantitative estimate of drug-likeness (QED) is 0.870. The Labute approximate surface area is 113 Å². The van der Waals surface area contributed by atoms with E-state index in [0.29, 0.717) is 11.0 Å². The third kappa shape index (κ3) is 3.07. The van der Waals surface area contributed by atoms with Crippen LogP contribution in [0.4, 0.5) is 14.5 Å². The van der Waals surface area contributed by atoms with Crippen molar-refractivity contribution in [3.63, 3.8) is 0 Å². The van der Waals surface area contributed by atoms with Gasteiger partial charge < -0.3 is 5.32 Å². The Morgan fingerprint density at radius 3 is 2.17 bits per heavy atom. The third-order valence-corrected chi connectivity index (χ3v) is 3.05. The van der Waals surface area contributed by atoms with Gasteiger partial charge in [-0.15, -0.1) is 0 Å². The summed E-state index contributed by atoms with van der Waals surface area (Å²) in [5, 5.41) is 2.77. The van der Waals surface area contributed by atoms with Crippen LogP contribution in [-0.2, 0) is 6.54 Å². The van der Waals surface area contributed by atoms with Crippen molar-refractivity contribution >= 4 is 21.6 Å². The average molecular weight is 312 g/mol. The Balaban J connectivity index is 2.13. The first-order valence-electron chi connectivity index (χ1n) is 5.50. The van der Waals surface area contributed by atoms with Gasteiger partial charge in [-0.3, -0.25) is 0 Å². The first-order chi connectivity index (χ1) is 8.56. The molecule has 0 heterocycles. The van der Waals surface area contributed by atoms with Crippen molar-refractivity contribution in [2.75, 3.05) is 5.32 Å². The highest BCUT2D eigenvalue weighted by Gasteiger charge is 2.09. The summed E-state index contributed by atoms with van der Waals surface area (Å²) in [5.41, 5.74) is 2.03.